The van der Waals surface area contributed by atoms with Crippen molar-refractivity contribution in [2.75, 3.05) is 0 Å². The number of fused-ring (bicyclic) bond motifs is 2. The van der Waals surface area contributed by atoms with Gasteiger partial charge >= 0.3 is 0 Å². The van der Waals surface area contributed by atoms with Crippen molar-refractivity contribution in [1.82, 2.24) is 0 Å². The predicted octanol–water partition coefficient (Wildman–Crippen LogP) is 2.02. The lowest BCUT2D eigenvalue weighted by molar-refractivity contribution is -0.0681. The maximum atomic E-state index is 8.71. The molecule has 2 nitrogen and oxygen atoms in total. The molecule has 3 heteroatoms. The first-order chi connectivity index (χ1) is 5.57. The van der Waals surface area contributed by atoms with E-state index in [0.717, 1.165) is 18.1 Å². The van der Waals surface area contributed by atoms with Crippen LogP contribution >= 0.6 is 12.6 Å². The largest absolute Gasteiger partial charge is 0.362 e. The van der Waals surface area contributed by atoms with E-state index in [4.69, 9.17) is 5.53 Å². The van der Waals surface area contributed by atoms with Crippen molar-refractivity contribution in [2.24, 2.45) is 17.3 Å². The number of thiol groups is 1. The molecule has 3 saturated carbocycles. The molecular formula is C9H14N2S. The van der Waals surface area contributed by atoms with E-state index in [2.05, 4.69) is 31.3 Å². The molecule has 3 rings (SSSR count). The fourth-order valence-corrected chi connectivity index (χ4v) is 3.31. The van der Waals surface area contributed by atoms with Gasteiger partial charge in [-0.2, -0.15) is 17.4 Å². The molecule has 0 saturated heterocycles. The van der Waals surface area contributed by atoms with E-state index in [1.54, 1.807) is 0 Å². The van der Waals surface area contributed by atoms with Crippen molar-refractivity contribution in [3.8, 4) is 0 Å². The highest BCUT2D eigenvalue weighted by atomic mass is 32.1. The van der Waals surface area contributed by atoms with Gasteiger partial charge in [0.15, 0.2) is 0 Å². The van der Waals surface area contributed by atoms with Crippen LogP contribution < -0.4 is 0 Å². The van der Waals surface area contributed by atoms with Gasteiger partial charge in [-0.1, -0.05) is 13.8 Å². The molecule has 3 atom stereocenters. The standard InChI is InChI=1S/C9H14N2S/c1-9(2)5-3-6(9)8(12)7(4-5)11-10/h5-6,8,12H,3-4H2,1-2H3. The van der Waals surface area contributed by atoms with Crippen molar-refractivity contribution < 1.29 is 4.79 Å². The van der Waals surface area contributed by atoms with E-state index in [9.17, 15) is 0 Å². The highest BCUT2D eigenvalue weighted by Gasteiger charge is 2.58. The fraction of sp³-hybridized carbons (Fsp3) is 0.889. The van der Waals surface area contributed by atoms with Gasteiger partial charge in [0.1, 0.15) is 5.25 Å². The van der Waals surface area contributed by atoms with E-state index in [0.29, 0.717) is 11.3 Å². The Morgan fingerprint density at radius 3 is 2.67 bits per heavy atom. The molecule has 0 aromatic heterocycles. The minimum atomic E-state index is 0.190. The van der Waals surface area contributed by atoms with Gasteiger partial charge in [-0.25, -0.2) is 0 Å². The van der Waals surface area contributed by atoms with Crippen LogP contribution in [-0.4, -0.2) is 15.8 Å². The highest BCUT2D eigenvalue weighted by Crippen LogP contribution is 2.59. The molecule has 2 bridgehead atoms. The van der Waals surface area contributed by atoms with Crippen LogP contribution in [0.4, 0.5) is 0 Å². The SMILES string of the molecule is CC1(C)C2CC(=[N+]=[N-])C(S)C1C2. The first-order valence-corrected chi connectivity index (χ1v) is 4.98. The van der Waals surface area contributed by atoms with Crippen LogP contribution in [0.2, 0.25) is 0 Å². The quantitative estimate of drug-likeness (QED) is 0.338. The monoisotopic (exact) mass is 182 g/mol. The zero-order valence-corrected chi connectivity index (χ0v) is 8.38. The summed E-state index contributed by atoms with van der Waals surface area (Å²) < 4.78 is 0. The molecule has 0 heterocycles. The molecule has 3 fully saturated rings. The number of nitrogens with zero attached hydrogens (tertiary/aromatic N) is 2. The van der Waals surface area contributed by atoms with Gasteiger partial charge < -0.3 is 5.53 Å². The summed E-state index contributed by atoms with van der Waals surface area (Å²) >= 11 is 4.49. The predicted molar refractivity (Wildman–Crippen MR) is 51.4 cm³/mol. The zero-order chi connectivity index (χ0) is 8.93. The Labute approximate surface area is 78.4 Å². The van der Waals surface area contributed by atoms with Crippen molar-refractivity contribution in [3.63, 3.8) is 0 Å². The van der Waals surface area contributed by atoms with Crippen LogP contribution in [0, 0.1) is 17.3 Å². The Morgan fingerprint density at radius 2 is 2.25 bits per heavy atom. The van der Waals surface area contributed by atoms with Gasteiger partial charge in [0.25, 0.3) is 5.71 Å². The first kappa shape index (κ1) is 8.33. The number of hydrogen-bond acceptors (Lipinski definition) is 1. The first-order valence-electron chi connectivity index (χ1n) is 4.46. The fourth-order valence-electron chi connectivity index (χ4n) is 2.64. The second-order valence-corrected chi connectivity index (χ2v) is 5.16. The molecule has 0 aromatic rings. The second-order valence-electron chi connectivity index (χ2n) is 4.60. The third kappa shape index (κ3) is 0.839. The van der Waals surface area contributed by atoms with Gasteiger partial charge in [0.05, 0.1) is 0 Å². The van der Waals surface area contributed by atoms with Crippen molar-refractivity contribution in [1.29, 1.82) is 0 Å². The van der Waals surface area contributed by atoms with E-state index in [-0.39, 0.29) is 5.25 Å². The summed E-state index contributed by atoms with van der Waals surface area (Å²) in [7, 11) is 0. The smallest absolute Gasteiger partial charge is 0.282 e. The van der Waals surface area contributed by atoms with Gasteiger partial charge in [0, 0.05) is 6.42 Å². The highest BCUT2D eigenvalue weighted by molar-refractivity contribution is 7.81. The molecule has 3 aliphatic rings. The van der Waals surface area contributed by atoms with Gasteiger partial charge in [0.2, 0.25) is 0 Å². The van der Waals surface area contributed by atoms with E-state index in [1.165, 1.54) is 6.42 Å². The average molecular weight is 182 g/mol. The van der Waals surface area contributed by atoms with Gasteiger partial charge in [-0.15, -0.1) is 0 Å². The normalized spacial score (nSPS) is 43.2. The summed E-state index contributed by atoms with van der Waals surface area (Å²) in [6.07, 6.45) is 2.20. The maximum absolute atomic E-state index is 8.71. The van der Waals surface area contributed by atoms with E-state index in [1.807, 2.05) is 0 Å². The lowest BCUT2D eigenvalue weighted by Crippen LogP contribution is -2.57. The second kappa shape index (κ2) is 2.36. The van der Waals surface area contributed by atoms with Crippen LogP contribution in [0.25, 0.3) is 5.53 Å². The lowest BCUT2D eigenvalue weighted by atomic mass is 9.48. The minimum absolute atomic E-state index is 0.190. The van der Waals surface area contributed by atoms with Crippen LogP contribution in [0.1, 0.15) is 26.7 Å². The Morgan fingerprint density at radius 1 is 1.58 bits per heavy atom. The molecule has 3 unspecified atom stereocenters. The number of hydrogen-bond donors (Lipinski definition) is 1. The van der Waals surface area contributed by atoms with Crippen LogP contribution in [0.5, 0.6) is 0 Å². The van der Waals surface area contributed by atoms with Crippen LogP contribution in [0.3, 0.4) is 0 Å². The van der Waals surface area contributed by atoms with E-state index >= 15 is 0 Å². The van der Waals surface area contributed by atoms with Gasteiger partial charge in [-0.3, -0.25) is 0 Å². The Hall–Kier alpha value is -0.270. The maximum Gasteiger partial charge on any atom is 0.282 e. The molecule has 0 spiro atoms. The molecule has 0 amide bonds. The summed E-state index contributed by atoms with van der Waals surface area (Å²) in [5.41, 5.74) is 10.0. The molecular weight excluding hydrogens is 168 g/mol. The van der Waals surface area contributed by atoms with Crippen LogP contribution in [-0.2, 0) is 0 Å². The molecule has 66 valence electrons. The third-order valence-electron chi connectivity index (χ3n) is 3.85. The zero-order valence-electron chi connectivity index (χ0n) is 7.49. The lowest BCUT2D eigenvalue weighted by Gasteiger charge is -2.56. The Kier molecular flexibility index (Phi) is 1.64. The topological polar surface area (TPSA) is 36.4 Å². The summed E-state index contributed by atoms with van der Waals surface area (Å²) in [5.74, 6) is 1.34. The molecule has 0 N–H and O–H groups in total. The molecule has 0 radical (unpaired) electrons. The van der Waals surface area contributed by atoms with Crippen molar-refractivity contribution in [3.05, 3.63) is 5.53 Å². The molecule has 12 heavy (non-hydrogen) atoms. The molecule has 3 aliphatic carbocycles. The Bertz CT molecular complexity index is 266. The third-order valence-corrected chi connectivity index (χ3v) is 4.51. The average Bonchev–Trinajstić information content (AvgIpc) is 2.03. The molecule has 0 aliphatic heterocycles. The van der Waals surface area contributed by atoms with Gasteiger partial charge in [-0.05, 0) is 23.7 Å². The minimum Gasteiger partial charge on any atom is -0.362 e. The number of rotatable bonds is 0. The summed E-state index contributed by atoms with van der Waals surface area (Å²) in [4.78, 5) is 3.32. The van der Waals surface area contributed by atoms with Crippen molar-refractivity contribution in [2.45, 2.75) is 31.9 Å². The van der Waals surface area contributed by atoms with E-state index < -0.39 is 0 Å². The Balaban J connectivity index is 2.28. The summed E-state index contributed by atoms with van der Waals surface area (Å²) in [5, 5.41) is 0.190. The van der Waals surface area contributed by atoms with Crippen LogP contribution in [0.15, 0.2) is 0 Å². The van der Waals surface area contributed by atoms with Crippen molar-refractivity contribution >= 4 is 18.3 Å². The summed E-state index contributed by atoms with van der Waals surface area (Å²) in [6, 6.07) is 0. The molecule has 0 aromatic carbocycles. The summed E-state index contributed by atoms with van der Waals surface area (Å²) in [6.45, 7) is 4.59.